The third kappa shape index (κ3) is 2.58. The van der Waals surface area contributed by atoms with E-state index in [2.05, 4.69) is 11.8 Å². The molecule has 18 heavy (non-hydrogen) atoms. The maximum absolute atomic E-state index is 12.3. The fraction of sp³-hybridized carbons (Fsp3) is 0.500. The zero-order valence-corrected chi connectivity index (χ0v) is 11.5. The summed E-state index contributed by atoms with van der Waals surface area (Å²) in [5.74, 6) is 5.59. The summed E-state index contributed by atoms with van der Waals surface area (Å²) in [4.78, 5) is 15.7. The highest BCUT2D eigenvalue weighted by Gasteiger charge is 2.27. The van der Waals surface area contributed by atoms with Gasteiger partial charge in [0.15, 0.2) is 0 Å². The Labute approximate surface area is 111 Å². The van der Waals surface area contributed by atoms with E-state index in [9.17, 15) is 4.79 Å². The van der Waals surface area contributed by atoms with Crippen molar-refractivity contribution in [3.63, 3.8) is 0 Å². The molecule has 1 aromatic heterocycles. The van der Waals surface area contributed by atoms with Crippen molar-refractivity contribution >= 4 is 17.2 Å². The fourth-order valence-corrected chi connectivity index (χ4v) is 2.98. The van der Waals surface area contributed by atoms with Gasteiger partial charge in [0.05, 0.1) is 9.75 Å². The number of rotatable bonds is 2. The van der Waals surface area contributed by atoms with Gasteiger partial charge in [-0.3, -0.25) is 4.79 Å². The van der Waals surface area contributed by atoms with Gasteiger partial charge in [0.2, 0.25) is 0 Å². The van der Waals surface area contributed by atoms with Gasteiger partial charge in [-0.25, -0.2) is 0 Å². The molecule has 1 aliphatic rings. The Balaban J connectivity index is 2.15. The van der Waals surface area contributed by atoms with Crippen LogP contribution in [0.15, 0.2) is 6.07 Å². The first kappa shape index (κ1) is 13.1. The minimum Gasteiger partial charge on any atom is -0.384 e. The van der Waals surface area contributed by atoms with Gasteiger partial charge in [0.25, 0.3) is 5.91 Å². The third-order valence-corrected chi connectivity index (χ3v) is 4.49. The molecular weight excluding hydrogens is 246 g/mol. The smallest absolute Gasteiger partial charge is 0.263 e. The zero-order chi connectivity index (χ0) is 13.1. The van der Waals surface area contributed by atoms with Gasteiger partial charge in [0.1, 0.15) is 6.61 Å². The van der Waals surface area contributed by atoms with Crippen LogP contribution in [0.4, 0.5) is 0 Å². The van der Waals surface area contributed by atoms with Gasteiger partial charge in [-0.05, 0) is 37.8 Å². The normalized spacial score (nSPS) is 14.6. The van der Waals surface area contributed by atoms with Gasteiger partial charge in [-0.2, -0.15) is 0 Å². The van der Waals surface area contributed by atoms with E-state index in [1.807, 2.05) is 24.9 Å². The van der Waals surface area contributed by atoms with Crippen molar-refractivity contribution in [3.8, 4) is 11.8 Å². The monoisotopic (exact) mass is 263 g/mol. The highest BCUT2D eigenvalue weighted by Crippen LogP contribution is 2.27. The van der Waals surface area contributed by atoms with E-state index in [1.54, 1.807) is 0 Å². The molecule has 1 heterocycles. The van der Waals surface area contributed by atoms with Crippen LogP contribution >= 0.6 is 11.3 Å². The summed E-state index contributed by atoms with van der Waals surface area (Å²) in [6.07, 6.45) is 3.45. The molecule has 1 saturated carbocycles. The maximum Gasteiger partial charge on any atom is 0.263 e. The summed E-state index contributed by atoms with van der Waals surface area (Å²) in [5.41, 5.74) is 1.01. The molecule has 0 atom stereocenters. The first-order valence-electron chi connectivity index (χ1n) is 6.11. The van der Waals surface area contributed by atoms with E-state index in [1.165, 1.54) is 17.8 Å². The van der Waals surface area contributed by atoms with Gasteiger partial charge >= 0.3 is 0 Å². The summed E-state index contributed by atoms with van der Waals surface area (Å²) in [5, 5.41) is 8.69. The molecule has 0 aliphatic heterocycles. The lowest BCUT2D eigenvalue weighted by molar-refractivity contribution is 0.0657. The summed E-state index contributed by atoms with van der Waals surface area (Å²) in [6.45, 7) is 1.79. The number of aliphatic hydroxyl groups excluding tert-OH is 1. The second kappa shape index (κ2) is 5.55. The number of aliphatic hydroxyl groups is 1. The van der Waals surface area contributed by atoms with Crippen LogP contribution in [-0.2, 0) is 0 Å². The van der Waals surface area contributed by atoms with E-state index < -0.39 is 0 Å². The number of aryl methyl sites for hydroxylation is 1. The van der Waals surface area contributed by atoms with Crippen LogP contribution in [0.3, 0.4) is 0 Å². The number of thiophene rings is 1. The third-order valence-electron chi connectivity index (χ3n) is 3.35. The minimum absolute atomic E-state index is 0.0878. The Bertz CT molecular complexity index is 506. The predicted molar refractivity (Wildman–Crippen MR) is 72.8 cm³/mol. The molecule has 1 fully saturated rings. The Morgan fingerprint density at radius 1 is 1.61 bits per heavy atom. The molecule has 0 radical (unpaired) electrons. The Morgan fingerprint density at radius 3 is 2.89 bits per heavy atom. The van der Waals surface area contributed by atoms with Crippen LogP contribution in [0.25, 0.3) is 0 Å². The molecule has 3 nitrogen and oxygen atoms in total. The molecule has 1 aliphatic carbocycles. The quantitative estimate of drug-likeness (QED) is 0.829. The minimum atomic E-state index is -0.150. The number of carbonyl (C=O) groups excluding carboxylic acids is 1. The number of hydrogen-bond donors (Lipinski definition) is 1. The lowest BCUT2D eigenvalue weighted by Crippen LogP contribution is -2.40. The molecular formula is C14H17NO2S. The van der Waals surface area contributed by atoms with Crippen molar-refractivity contribution in [2.45, 2.75) is 32.2 Å². The summed E-state index contributed by atoms with van der Waals surface area (Å²) >= 11 is 1.41. The van der Waals surface area contributed by atoms with Gasteiger partial charge in [0, 0.05) is 13.1 Å². The molecule has 2 rings (SSSR count). The standard InChI is InChI=1S/C14H17NO2S/c1-10-9-13(18-12(10)7-4-8-16)14(17)15(2)11-5-3-6-11/h9,11,16H,3,5-6,8H2,1-2H3. The highest BCUT2D eigenvalue weighted by atomic mass is 32.1. The number of nitrogens with zero attached hydrogens (tertiary/aromatic N) is 1. The largest absolute Gasteiger partial charge is 0.384 e. The van der Waals surface area contributed by atoms with Crippen LogP contribution in [0, 0.1) is 18.8 Å². The Kier molecular flexibility index (Phi) is 4.05. The molecule has 4 heteroatoms. The maximum atomic E-state index is 12.3. The van der Waals surface area contributed by atoms with Crippen molar-refractivity contribution in [1.29, 1.82) is 0 Å². The number of amides is 1. The van der Waals surface area contributed by atoms with E-state index in [-0.39, 0.29) is 12.5 Å². The second-order valence-corrected chi connectivity index (χ2v) is 5.64. The lowest BCUT2D eigenvalue weighted by atomic mass is 9.92. The summed E-state index contributed by atoms with van der Waals surface area (Å²) < 4.78 is 0. The van der Waals surface area contributed by atoms with Crippen molar-refractivity contribution < 1.29 is 9.90 Å². The number of carbonyl (C=O) groups is 1. The fourth-order valence-electron chi connectivity index (χ4n) is 1.95. The van der Waals surface area contributed by atoms with Crippen LogP contribution in [-0.4, -0.2) is 35.6 Å². The van der Waals surface area contributed by atoms with Crippen molar-refractivity contribution in [3.05, 3.63) is 21.4 Å². The predicted octanol–water partition coefficient (Wildman–Crippen LogP) is 2.02. The molecule has 0 unspecified atom stereocenters. The summed E-state index contributed by atoms with van der Waals surface area (Å²) in [7, 11) is 1.88. The number of hydrogen-bond acceptors (Lipinski definition) is 3. The van der Waals surface area contributed by atoms with Crippen molar-refractivity contribution in [2.75, 3.05) is 13.7 Å². The summed E-state index contributed by atoms with van der Waals surface area (Å²) in [6, 6.07) is 2.30. The van der Waals surface area contributed by atoms with Crippen LogP contribution in [0.5, 0.6) is 0 Å². The lowest BCUT2D eigenvalue weighted by Gasteiger charge is -2.34. The Hall–Kier alpha value is -1.31. The Morgan fingerprint density at radius 2 is 2.33 bits per heavy atom. The molecule has 0 saturated heterocycles. The molecule has 0 spiro atoms. The topological polar surface area (TPSA) is 40.5 Å². The van der Waals surface area contributed by atoms with Crippen molar-refractivity contribution in [2.24, 2.45) is 0 Å². The van der Waals surface area contributed by atoms with Crippen LogP contribution < -0.4 is 0 Å². The van der Waals surface area contributed by atoms with Gasteiger partial charge in [-0.15, -0.1) is 11.3 Å². The molecule has 0 bridgehead atoms. The molecule has 1 N–H and O–H groups in total. The second-order valence-electron chi connectivity index (χ2n) is 4.58. The van der Waals surface area contributed by atoms with Crippen LogP contribution in [0.2, 0.25) is 0 Å². The van der Waals surface area contributed by atoms with Crippen molar-refractivity contribution in [1.82, 2.24) is 4.90 Å². The highest BCUT2D eigenvalue weighted by molar-refractivity contribution is 7.14. The average molecular weight is 263 g/mol. The zero-order valence-electron chi connectivity index (χ0n) is 10.7. The van der Waals surface area contributed by atoms with E-state index >= 15 is 0 Å². The van der Waals surface area contributed by atoms with Gasteiger partial charge < -0.3 is 10.0 Å². The molecule has 1 aromatic rings. The first-order valence-corrected chi connectivity index (χ1v) is 6.92. The first-order chi connectivity index (χ1) is 8.63. The van der Waals surface area contributed by atoms with E-state index in [4.69, 9.17) is 5.11 Å². The SMILES string of the molecule is Cc1cc(C(=O)N(C)C2CCC2)sc1C#CCO. The van der Waals surface area contributed by atoms with E-state index in [0.29, 0.717) is 6.04 Å². The molecule has 1 amide bonds. The molecule has 96 valence electrons. The molecule has 0 aromatic carbocycles. The van der Waals surface area contributed by atoms with Gasteiger partial charge in [-0.1, -0.05) is 11.8 Å². The van der Waals surface area contributed by atoms with Crippen LogP contribution in [0.1, 0.15) is 39.4 Å². The average Bonchev–Trinajstić information content (AvgIpc) is 2.64. The van der Waals surface area contributed by atoms with E-state index in [0.717, 1.165) is 28.2 Å².